The van der Waals surface area contributed by atoms with Gasteiger partial charge in [0.15, 0.2) is 0 Å². The molecule has 2 N–H and O–H groups in total. The molecule has 2 aromatic carbocycles. The number of nitrogens with two attached hydrogens (primary N) is 1. The average Bonchev–Trinajstić information content (AvgIpc) is 2.46. The predicted molar refractivity (Wildman–Crippen MR) is 85.7 cm³/mol. The third-order valence-corrected chi connectivity index (χ3v) is 3.44. The highest BCUT2D eigenvalue weighted by Crippen LogP contribution is 2.23. The Morgan fingerprint density at radius 3 is 2.55 bits per heavy atom. The first kappa shape index (κ1) is 14.6. The number of rotatable bonds is 4. The molecule has 0 heterocycles. The molecule has 0 atom stereocenters. The second-order valence-corrected chi connectivity index (χ2v) is 5.41. The van der Waals surface area contributed by atoms with Crippen LogP contribution < -0.4 is 10.5 Å². The van der Waals surface area contributed by atoms with E-state index in [9.17, 15) is 4.79 Å². The monoisotopic (exact) mass is 383 g/mol. The second kappa shape index (κ2) is 6.60. The molecule has 0 fully saturated rings. The van der Waals surface area contributed by atoms with Crippen molar-refractivity contribution in [1.82, 2.24) is 0 Å². The lowest BCUT2D eigenvalue weighted by molar-refractivity contribution is 0.0595. The minimum absolute atomic E-state index is 0.365. The van der Waals surface area contributed by atoms with Crippen LogP contribution >= 0.6 is 22.6 Å². The van der Waals surface area contributed by atoms with Gasteiger partial charge in [0.1, 0.15) is 17.9 Å². The van der Waals surface area contributed by atoms with E-state index in [0.29, 0.717) is 23.6 Å². The SMILES string of the molecule is COC(=O)c1ccc(N)cc1OCc1ccc(I)cc1. The molecule has 104 valence electrons. The number of methoxy groups -OCH3 is 1. The summed E-state index contributed by atoms with van der Waals surface area (Å²) >= 11 is 2.24. The summed E-state index contributed by atoms with van der Waals surface area (Å²) in [6, 6.07) is 12.8. The zero-order chi connectivity index (χ0) is 14.5. The van der Waals surface area contributed by atoms with E-state index in [1.54, 1.807) is 18.2 Å². The lowest BCUT2D eigenvalue weighted by Gasteiger charge is -2.11. The van der Waals surface area contributed by atoms with Gasteiger partial charge in [0, 0.05) is 15.3 Å². The van der Waals surface area contributed by atoms with Crippen LogP contribution in [0.1, 0.15) is 15.9 Å². The molecule has 0 aromatic heterocycles. The van der Waals surface area contributed by atoms with Crippen molar-refractivity contribution in [1.29, 1.82) is 0 Å². The van der Waals surface area contributed by atoms with Crippen LogP contribution in [-0.2, 0) is 11.3 Å². The molecule has 0 aliphatic carbocycles. The fraction of sp³-hybridized carbons (Fsp3) is 0.133. The first-order chi connectivity index (χ1) is 9.60. The molecule has 0 saturated carbocycles. The van der Waals surface area contributed by atoms with Crippen molar-refractivity contribution in [2.24, 2.45) is 0 Å². The van der Waals surface area contributed by atoms with Crippen LogP contribution in [0.3, 0.4) is 0 Å². The number of carbonyl (C=O) groups excluding carboxylic acids is 1. The third-order valence-electron chi connectivity index (χ3n) is 2.72. The topological polar surface area (TPSA) is 61.5 Å². The Hall–Kier alpha value is -1.76. The van der Waals surface area contributed by atoms with Gasteiger partial charge in [-0.2, -0.15) is 0 Å². The number of benzene rings is 2. The van der Waals surface area contributed by atoms with Crippen LogP contribution in [0.25, 0.3) is 0 Å². The number of halogens is 1. The van der Waals surface area contributed by atoms with Crippen LogP contribution in [0.15, 0.2) is 42.5 Å². The van der Waals surface area contributed by atoms with E-state index in [1.807, 2.05) is 24.3 Å². The summed E-state index contributed by atoms with van der Waals surface area (Å²) in [4.78, 5) is 11.7. The number of hydrogen-bond acceptors (Lipinski definition) is 4. The van der Waals surface area contributed by atoms with Gasteiger partial charge >= 0.3 is 5.97 Å². The predicted octanol–water partition coefficient (Wildman–Crippen LogP) is 3.24. The Balaban J connectivity index is 2.17. The van der Waals surface area contributed by atoms with Crippen LogP contribution in [0.2, 0.25) is 0 Å². The molecule has 2 aromatic rings. The minimum atomic E-state index is -0.442. The first-order valence-corrected chi connectivity index (χ1v) is 7.03. The quantitative estimate of drug-likeness (QED) is 0.500. The van der Waals surface area contributed by atoms with Gasteiger partial charge in [0.2, 0.25) is 0 Å². The van der Waals surface area contributed by atoms with E-state index in [4.69, 9.17) is 15.2 Å². The fourth-order valence-corrected chi connectivity index (χ4v) is 2.04. The van der Waals surface area contributed by atoms with E-state index in [2.05, 4.69) is 22.6 Å². The Bertz CT molecular complexity index is 611. The summed E-state index contributed by atoms with van der Waals surface area (Å²) in [7, 11) is 1.33. The van der Waals surface area contributed by atoms with Gasteiger partial charge in [-0.05, 0) is 52.4 Å². The van der Waals surface area contributed by atoms with Crippen molar-refractivity contribution < 1.29 is 14.3 Å². The summed E-state index contributed by atoms with van der Waals surface area (Å²) in [6.45, 7) is 0.365. The molecule has 2 rings (SSSR count). The normalized spacial score (nSPS) is 10.1. The Labute approximate surface area is 131 Å². The van der Waals surface area contributed by atoms with Gasteiger partial charge in [-0.1, -0.05) is 12.1 Å². The zero-order valence-corrected chi connectivity index (χ0v) is 13.1. The molecule has 0 radical (unpaired) electrons. The second-order valence-electron chi connectivity index (χ2n) is 4.16. The van der Waals surface area contributed by atoms with Gasteiger partial charge in [0.05, 0.1) is 7.11 Å². The van der Waals surface area contributed by atoms with E-state index in [0.717, 1.165) is 9.13 Å². The smallest absolute Gasteiger partial charge is 0.341 e. The van der Waals surface area contributed by atoms with Gasteiger partial charge in [-0.25, -0.2) is 4.79 Å². The largest absolute Gasteiger partial charge is 0.488 e. The maximum Gasteiger partial charge on any atom is 0.341 e. The summed E-state index contributed by atoms with van der Waals surface area (Å²) < 4.78 is 11.6. The number of esters is 1. The molecule has 0 aliphatic rings. The highest BCUT2D eigenvalue weighted by atomic mass is 127. The van der Waals surface area contributed by atoms with E-state index in [-0.39, 0.29) is 0 Å². The van der Waals surface area contributed by atoms with Crippen molar-refractivity contribution in [2.75, 3.05) is 12.8 Å². The molecular weight excluding hydrogens is 369 g/mol. The maximum absolute atomic E-state index is 11.7. The fourth-order valence-electron chi connectivity index (χ4n) is 1.68. The standard InChI is InChI=1S/C15H14INO3/c1-19-15(18)13-7-6-12(17)8-14(13)20-9-10-2-4-11(16)5-3-10/h2-8H,9,17H2,1H3. The van der Waals surface area contributed by atoms with E-state index < -0.39 is 5.97 Å². The Morgan fingerprint density at radius 1 is 1.20 bits per heavy atom. The van der Waals surface area contributed by atoms with Crippen LogP contribution in [0.4, 0.5) is 5.69 Å². The summed E-state index contributed by atoms with van der Waals surface area (Å²) in [5.41, 5.74) is 7.65. The molecule has 0 saturated heterocycles. The van der Waals surface area contributed by atoms with Gasteiger partial charge in [-0.15, -0.1) is 0 Å². The van der Waals surface area contributed by atoms with Crippen molar-refractivity contribution in [3.05, 3.63) is 57.2 Å². The summed E-state index contributed by atoms with van der Waals surface area (Å²) in [5, 5.41) is 0. The van der Waals surface area contributed by atoms with Gasteiger partial charge in [-0.3, -0.25) is 0 Å². The maximum atomic E-state index is 11.7. The van der Waals surface area contributed by atoms with Crippen LogP contribution in [0.5, 0.6) is 5.75 Å². The molecule has 0 bridgehead atoms. The minimum Gasteiger partial charge on any atom is -0.488 e. The molecule has 0 aliphatic heterocycles. The molecule has 0 spiro atoms. The summed E-state index contributed by atoms with van der Waals surface area (Å²) in [5.74, 6) is -0.0157. The van der Waals surface area contributed by atoms with E-state index in [1.165, 1.54) is 7.11 Å². The molecule has 0 amide bonds. The molecule has 0 unspecified atom stereocenters. The number of hydrogen-bond donors (Lipinski definition) is 1. The zero-order valence-electron chi connectivity index (χ0n) is 10.9. The van der Waals surface area contributed by atoms with Crippen LogP contribution in [-0.4, -0.2) is 13.1 Å². The van der Waals surface area contributed by atoms with Crippen molar-refractivity contribution in [2.45, 2.75) is 6.61 Å². The number of nitrogen functional groups attached to an aromatic ring is 1. The first-order valence-electron chi connectivity index (χ1n) is 5.95. The lowest BCUT2D eigenvalue weighted by Crippen LogP contribution is -2.06. The molecule has 5 heteroatoms. The number of anilines is 1. The molecular formula is C15H14INO3. The summed E-state index contributed by atoms with van der Waals surface area (Å²) in [6.07, 6.45) is 0. The van der Waals surface area contributed by atoms with Crippen molar-refractivity contribution >= 4 is 34.2 Å². The van der Waals surface area contributed by atoms with Gasteiger partial charge in [0.25, 0.3) is 0 Å². The van der Waals surface area contributed by atoms with Crippen LogP contribution in [0, 0.1) is 3.57 Å². The van der Waals surface area contributed by atoms with Crippen molar-refractivity contribution in [3.8, 4) is 5.75 Å². The Kier molecular flexibility index (Phi) is 4.84. The highest BCUT2D eigenvalue weighted by Gasteiger charge is 2.13. The van der Waals surface area contributed by atoms with Gasteiger partial charge < -0.3 is 15.2 Å². The highest BCUT2D eigenvalue weighted by molar-refractivity contribution is 14.1. The number of carbonyl (C=O) groups is 1. The van der Waals surface area contributed by atoms with E-state index >= 15 is 0 Å². The Morgan fingerprint density at radius 2 is 1.90 bits per heavy atom. The average molecular weight is 383 g/mol. The number of ether oxygens (including phenoxy) is 2. The lowest BCUT2D eigenvalue weighted by atomic mass is 10.2. The molecule has 4 nitrogen and oxygen atoms in total. The molecule has 20 heavy (non-hydrogen) atoms. The third kappa shape index (κ3) is 3.63. The van der Waals surface area contributed by atoms with Crippen molar-refractivity contribution in [3.63, 3.8) is 0 Å².